The number of carbonyl (C=O) groups excluding carboxylic acids is 15. The van der Waals surface area contributed by atoms with Crippen molar-refractivity contribution in [3.05, 3.63) is 109 Å². The predicted molar refractivity (Wildman–Crippen MR) is 467 cm³/mol. The quantitative estimate of drug-likeness (QED) is 0.00421. The van der Waals surface area contributed by atoms with Crippen LogP contribution < -0.4 is 96.5 Å². The Morgan fingerprint density at radius 2 is 0.754 bits per heavy atom. The first-order valence-corrected chi connectivity index (χ1v) is 44.8. The number of carboxylic acid groups (broad SMARTS) is 2. The van der Waals surface area contributed by atoms with Crippen molar-refractivity contribution in [3.8, 4) is 0 Å². The van der Waals surface area contributed by atoms with E-state index in [1.54, 1.807) is 13.8 Å². The second-order valence-electron chi connectivity index (χ2n) is 29.9. The molecule has 710 valence electrons. The molecule has 30 N–H and O–H groups in total. The average molecular weight is 1920 g/mol. The molecule has 0 saturated carbocycles. The van der Waals surface area contributed by atoms with Crippen molar-refractivity contribution in [2.75, 3.05) is 37.7 Å². The van der Waals surface area contributed by atoms with Gasteiger partial charge in [0.1, 0.15) is 48.3 Å². The maximum absolute atomic E-state index is 15.0. The number of carboxylic acids is 2. The number of hydrogen-bond donors (Lipinski definition) is 30. The number of imidazole rings is 6. The molecule has 51 nitrogen and oxygen atoms in total. The van der Waals surface area contributed by atoms with E-state index < -0.39 is 251 Å². The molecule has 0 spiro atoms. The van der Waals surface area contributed by atoms with Crippen molar-refractivity contribution >= 4 is 147 Å². The van der Waals surface area contributed by atoms with Gasteiger partial charge in [0, 0.05) is 82.1 Å². The molecule has 0 radical (unpaired) electrons. The Labute approximate surface area is 760 Å². The Morgan fingerprint density at radius 3 is 1.12 bits per heavy atom. The predicted octanol–water partition coefficient (Wildman–Crippen LogP) is -8.89. The van der Waals surface area contributed by atoms with E-state index >= 15 is 9.59 Å². The minimum Gasteiger partial charge on any atom is -0.481 e. The Kier molecular flexibility index (Phi) is 45.5. The van der Waals surface area contributed by atoms with E-state index in [-0.39, 0.29) is 104 Å². The fourth-order valence-electron chi connectivity index (χ4n) is 12.6. The fraction of sp³-hybridized carbons (Fsp3) is 0.526. The number of rotatable bonds is 62. The summed E-state index contributed by atoms with van der Waals surface area (Å²) >= 11 is 8.00. The van der Waals surface area contributed by atoms with Gasteiger partial charge in [-0.3, -0.25) is 47.9 Å². The van der Waals surface area contributed by atoms with E-state index in [1.807, 2.05) is 6.92 Å². The molecule has 0 unspecified atom stereocenters. The van der Waals surface area contributed by atoms with Crippen LogP contribution in [0.15, 0.2) is 75.1 Å². The number of nitrogens with one attached hydrogen (secondary N) is 23. The molecule has 6 heterocycles. The number of hydrogen-bond acceptors (Lipinski definition) is 28. The first-order chi connectivity index (χ1) is 62.2. The number of aromatic nitrogens is 12. The summed E-state index contributed by atoms with van der Waals surface area (Å²) in [7, 11) is 0. The number of H-pyrrole nitrogens is 6. The third-order valence-electron chi connectivity index (χ3n) is 19.3. The molecule has 0 fully saturated rings. The number of nitrogens with two attached hydrogens (primary N) is 2. The molecule has 0 saturated heterocycles. The van der Waals surface area contributed by atoms with Gasteiger partial charge in [-0.15, -0.1) is 0 Å². The van der Waals surface area contributed by atoms with E-state index in [0.29, 0.717) is 30.3 Å². The summed E-state index contributed by atoms with van der Waals surface area (Å²) in [6.45, 7) is 3.56. The molecule has 0 aliphatic rings. The van der Waals surface area contributed by atoms with E-state index in [1.165, 1.54) is 75.1 Å². The number of aliphatic hydroxyl groups is 1. The minimum absolute atomic E-state index is 0.0130. The number of unbranched alkanes of at least 4 members (excludes halogenated alkanes) is 1. The van der Waals surface area contributed by atoms with Gasteiger partial charge in [-0.2, -0.15) is 12.6 Å². The molecule has 130 heavy (non-hydrogen) atoms. The van der Waals surface area contributed by atoms with Crippen LogP contribution in [0, 0.1) is 11.3 Å². The smallest absolute Gasteiger partial charge is 0.481 e. The van der Waals surface area contributed by atoms with Crippen LogP contribution in [-0.2, 0) is 120 Å². The molecule has 0 aromatic carbocycles. The van der Waals surface area contributed by atoms with Crippen LogP contribution in [0.25, 0.3) is 0 Å². The monoisotopic (exact) mass is 1920 g/mol. The third-order valence-corrected chi connectivity index (χ3v) is 22.4. The zero-order valence-electron chi connectivity index (χ0n) is 71.1. The van der Waals surface area contributed by atoms with Gasteiger partial charge in [-0.25, -0.2) is 34.7 Å². The van der Waals surface area contributed by atoms with Gasteiger partial charge in [-0.05, 0) is 18.8 Å². The molecule has 0 aliphatic heterocycles. The van der Waals surface area contributed by atoms with Crippen LogP contribution in [0.2, 0.25) is 10.6 Å². The molecular formula is C76H113N31O20S2Se. The maximum atomic E-state index is 15.0. The van der Waals surface area contributed by atoms with E-state index in [4.69, 9.17) is 16.9 Å². The van der Waals surface area contributed by atoms with E-state index in [2.05, 4.69) is 170 Å². The fourth-order valence-corrected chi connectivity index (χ4v) is 14.8. The third kappa shape index (κ3) is 37.2. The second-order valence-corrected chi connectivity index (χ2v) is 33.1. The zero-order chi connectivity index (χ0) is 95.2. The van der Waals surface area contributed by atoms with Crippen molar-refractivity contribution in [1.29, 1.82) is 5.41 Å². The Hall–Kier alpha value is -13.3. The molecule has 54 heteroatoms. The molecular weight excluding hydrogens is 1810 g/mol. The summed E-state index contributed by atoms with van der Waals surface area (Å²) in [4.78, 5) is 277. The summed E-state index contributed by atoms with van der Waals surface area (Å²) in [6, 6.07) is -21.6. The SMILES string of the molecule is CCCC[C@H](NC=O)C(=O)N[C@@H](CS)C(=O)N[C@@H](CO)C(=O)N[C@@H](C[Se]CCN)C(=O)N[C@@H](CCCNC(=N)N)C(=O)NCC(=O)N[C@@H](CS)C(=O)N[C@@H](CC(C)C)C(=O)N[C@@H](CCC(=O)O)C(=O)N[C@@H](Cc1c[nH]cn1)C(=O)N[C@@H](Cc1c[nH]cn1)C(=O)N[C@@H](Cc1c[nH]cn1)C(=O)N[C@@H](Cc1c[nH]cn1)C(=O)N[C@@H](Cc1c[nH]cn1)C(=O)N[C@@H](Cc1c[nH]cn1)C(=O)O. The van der Waals surface area contributed by atoms with Gasteiger partial charge >= 0.3 is 284 Å². The summed E-state index contributed by atoms with van der Waals surface area (Å²) in [5.41, 5.74) is 12.6. The van der Waals surface area contributed by atoms with Crippen LogP contribution in [0.5, 0.6) is 0 Å². The molecule has 14 atom stereocenters. The van der Waals surface area contributed by atoms with Crippen molar-refractivity contribution in [2.24, 2.45) is 17.4 Å². The van der Waals surface area contributed by atoms with Crippen LogP contribution in [-0.4, -0.2) is 319 Å². The van der Waals surface area contributed by atoms with Crippen molar-refractivity contribution < 1.29 is 96.8 Å². The minimum atomic E-state index is -1.81. The average Bonchev–Trinajstić information content (AvgIpc) is 1.39. The van der Waals surface area contributed by atoms with Crippen molar-refractivity contribution in [3.63, 3.8) is 0 Å². The normalized spacial score (nSPS) is 14.3. The van der Waals surface area contributed by atoms with Gasteiger partial charge in [0.25, 0.3) is 0 Å². The van der Waals surface area contributed by atoms with Gasteiger partial charge in [-0.1, -0.05) is 33.6 Å². The Morgan fingerprint density at radius 1 is 0.431 bits per heavy atom. The van der Waals surface area contributed by atoms with Crippen LogP contribution in [0.1, 0.15) is 106 Å². The summed E-state index contributed by atoms with van der Waals surface area (Å²) in [6.07, 6.45) is 14.3. The van der Waals surface area contributed by atoms with Gasteiger partial charge < -0.3 is 82.7 Å². The number of thiol groups is 2. The van der Waals surface area contributed by atoms with Gasteiger partial charge in [0.15, 0.2) is 0 Å². The second kappa shape index (κ2) is 56.1. The number of carbonyl (C=O) groups is 17. The van der Waals surface area contributed by atoms with Gasteiger partial charge in [0.2, 0.25) is 47.8 Å². The summed E-state index contributed by atoms with van der Waals surface area (Å²) in [5.74, 6) is -18.4. The van der Waals surface area contributed by atoms with Crippen molar-refractivity contribution in [1.82, 2.24) is 145 Å². The molecule has 6 aromatic rings. The molecule has 0 aliphatic carbocycles. The summed E-state index contributed by atoms with van der Waals surface area (Å²) < 4.78 is 0. The van der Waals surface area contributed by atoms with Crippen LogP contribution >= 0.6 is 25.3 Å². The Balaban J connectivity index is 1.17. The number of nitrogens with zero attached hydrogens (tertiary/aromatic N) is 6. The topological polar surface area (TPSA) is 791 Å². The number of aliphatic carboxylic acids is 2. The first-order valence-electron chi connectivity index (χ1n) is 41.2. The number of aliphatic hydroxyl groups excluding tert-OH is 1. The van der Waals surface area contributed by atoms with Gasteiger partial charge in [0.05, 0.1) is 72.1 Å². The molecule has 15 amide bonds. The molecule has 6 rings (SSSR count). The van der Waals surface area contributed by atoms with Crippen LogP contribution in [0.3, 0.4) is 0 Å². The molecule has 0 bridgehead atoms. The van der Waals surface area contributed by atoms with Crippen LogP contribution in [0.4, 0.5) is 0 Å². The van der Waals surface area contributed by atoms with E-state index in [0.717, 1.165) is 0 Å². The number of guanidine groups is 1. The first kappa shape index (κ1) is 105. The summed E-state index contributed by atoms with van der Waals surface area (Å²) in [5, 5.41) is 78.5. The number of amides is 15. The Bertz CT molecular complexity index is 4630. The molecule has 6 aromatic heterocycles. The zero-order valence-corrected chi connectivity index (χ0v) is 74.6. The van der Waals surface area contributed by atoms with Crippen molar-refractivity contribution in [2.45, 2.75) is 206 Å². The standard InChI is InChI=1S/C76H113N31O20S2Se/c1-4-5-7-46(94-38-109)63(114)106-58(30-129)73(124)105-56(28-108)71(122)107-59(31-130-13-11-77)74(125)96-47(8-6-12-86-76(78)79)62(113)87-27-60(110)95-57(29-128)72(123)98-49(14-39(2)3)65(116)97-48(9-10-61(111)112)64(115)99-50(15-40-21-80-32-88-40)66(117)100-51(16-41-22-81-33-89-41)67(118)101-52(17-42-23-82-34-90-42)68(119)102-53(18-43-24-83-35-91-43)69(120)103-54(19-44-25-84-36-92-44)70(121)104-55(75(126)127)20-45-26-85-37-93-45/h21-26,32-39,46-59,108,128-129H,4-20,27-31,77H2,1-3H3,(H,80,88)(H,81,89)(H,82,90)(H,83,91)(H,84,92)(H,85,93)(H,87,113)(H,94,109)(H,95,110)(H,96,125)(H,97,116)(H,98,123)(H,99,115)(H,100,117)(H,101,118)(H,102,119)(H,103,120)(H,104,121)(H,105,124)(H,106,114)(H,107,122)(H,111,112)(H,126,127)(H4,78,79,86)/t46-,47-,48-,49-,50-,51-,52-,53-,54-,55-,56-,57-,58-,59-/m0/s1. The number of aromatic amines is 6. The van der Waals surface area contributed by atoms with E-state index in [9.17, 15) is 87.2 Å².